The van der Waals surface area contributed by atoms with Crippen molar-refractivity contribution in [2.45, 2.75) is 58.6 Å². The second-order valence-electron chi connectivity index (χ2n) is 5.57. The SMILES string of the molecule is CCOC(=O)CC(O)CN(CCC(C)C)C1CC1. The fraction of sp³-hybridized carbons (Fsp3) is 0.929. The number of esters is 1. The molecule has 1 atom stereocenters. The van der Waals surface area contributed by atoms with Crippen LogP contribution in [0.3, 0.4) is 0 Å². The second kappa shape index (κ2) is 7.74. The van der Waals surface area contributed by atoms with E-state index in [-0.39, 0.29) is 12.4 Å². The summed E-state index contributed by atoms with van der Waals surface area (Å²) in [5, 5.41) is 9.92. The summed E-state index contributed by atoms with van der Waals surface area (Å²) >= 11 is 0. The van der Waals surface area contributed by atoms with E-state index in [0.29, 0.717) is 25.1 Å². The Hall–Kier alpha value is -0.610. The Morgan fingerprint density at radius 1 is 1.44 bits per heavy atom. The molecule has 0 aromatic carbocycles. The molecule has 0 aromatic heterocycles. The molecule has 0 aromatic rings. The first-order chi connectivity index (χ1) is 8.52. The van der Waals surface area contributed by atoms with Gasteiger partial charge in [0.15, 0.2) is 0 Å². The van der Waals surface area contributed by atoms with E-state index in [4.69, 9.17) is 4.74 Å². The molecule has 1 rings (SSSR count). The number of aliphatic hydroxyl groups excluding tert-OH is 1. The van der Waals surface area contributed by atoms with Gasteiger partial charge in [-0.25, -0.2) is 0 Å². The predicted molar refractivity (Wildman–Crippen MR) is 71.3 cm³/mol. The molecule has 4 nitrogen and oxygen atoms in total. The fourth-order valence-electron chi connectivity index (χ4n) is 2.03. The standard InChI is InChI=1S/C14H27NO3/c1-4-18-14(17)9-13(16)10-15(12-5-6-12)8-7-11(2)3/h11-13,16H,4-10H2,1-3H3. The molecular weight excluding hydrogens is 230 g/mol. The summed E-state index contributed by atoms with van der Waals surface area (Å²) in [4.78, 5) is 13.6. The Bertz CT molecular complexity index is 251. The van der Waals surface area contributed by atoms with Crippen LogP contribution in [0.1, 0.15) is 46.5 Å². The normalized spacial score (nSPS) is 17.2. The lowest BCUT2D eigenvalue weighted by Gasteiger charge is -2.25. The van der Waals surface area contributed by atoms with Gasteiger partial charge in [0.1, 0.15) is 0 Å². The summed E-state index contributed by atoms with van der Waals surface area (Å²) < 4.78 is 4.85. The lowest BCUT2D eigenvalue weighted by molar-refractivity contribution is -0.145. The molecule has 0 heterocycles. The highest BCUT2D eigenvalue weighted by atomic mass is 16.5. The topological polar surface area (TPSA) is 49.8 Å². The Balaban J connectivity index is 2.28. The van der Waals surface area contributed by atoms with Crippen LogP contribution in [0.4, 0.5) is 0 Å². The lowest BCUT2D eigenvalue weighted by Crippen LogP contribution is -2.36. The van der Waals surface area contributed by atoms with Crippen molar-refractivity contribution in [3.8, 4) is 0 Å². The Morgan fingerprint density at radius 3 is 2.61 bits per heavy atom. The molecule has 0 spiro atoms. The molecule has 4 heteroatoms. The van der Waals surface area contributed by atoms with E-state index in [2.05, 4.69) is 18.7 Å². The van der Waals surface area contributed by atoms with Crippen molar-refractivity contribution in [2.24, 2.45) is 5.92 Å². The van der Waals surface area contributed by atoms with Gasteiger partial charge in [0.25, 0.3) is 0 Å². The van der Waals surface area contributed by atoms with Gasteiger partial charge in [0.2, 0.25) is 0 Å². The summed E-state index contributed by atoms with van der Waals surface area (Å²) in [5.41, 5.74) is 0. The van der Waals surface area contributed by atoms with Gasteiger partial charge in [-0.2, -0.15) is 0 Å². The average Bonchev–Trinajstić information content (AvgIpc) is 3.07. The molecule has 1 unspecified atom stereocenters. The number of aliphatic hydroxyl groups is 1. The molecule has 1 fully saturated rings. The first-order valence-electron chi connectivity index (χ1n) is 7.10. The van der Waals surface area contributed by atoms with E-state index in [9.17, 15) is 9.90 Å². The third-order valence-corrected chi connectivity index (χ3v) is 3.21. The summed E-state index contributed by atoms with van der Waals surface area (Å²) in [6, 6.07) is 0.626. The van der Waals surface area contributed by atoms with E-state index >= 15 is 0 Å². The maximum Gasteiger partial charge on any atom is 0.308 e. The molecule has 0 saturated heterocycles. The van der Waals surface area contributed by atoms with Crippen molar-refractivity contribution in [2.75, 3.05) is 19.7 Å². The minimum Gasteiger partial charge on any atom is -0.466 e. The number of hydrogen-bond acceptors (Lipinski definition) is 4. The molecule has 0 amide bonds. The van der Waals surface area contributed by atoms with Crippen LogP contribution in [0.2, 0.25) is 0 Å². The molecule has 1 aliphatic rings. The molecule has 18 heavy (non-hydrogen) atoms. The van der Waals surface area contributed by atoms with Crippen LogP contribution in [0.5, 0.6) is 0 Å². The van der Waals surface area contributed by atoms with E-state index < -0.39 is 6.10 Å². The smallest absolute Gasteiger partial charge is 0.308 e. The van der Waals surface area contributed by atoms with Crippen LogP contribution in [0.15, 0.2) is 0 Å². The number of ether oxygens (including phenoxy) is 1. The van der Waals surface area contributed by atoms with Crippen molar-refractivity contribution in [1.82, 2.24) is 4.90 Å². The molecule has 0 aliphatic heterocycles. The predicted octanol–water partition coefficient (Wildman–Crippen LogP) is 1.81. The molecule has 1 aliphatic carbocycles. The summed E-state index contributed by atoms with van der Waals surface area (Å²) in [6.45, 7) is 8.19. The van der Waals surface area contributed by atoms with Crippen molar-refractivity contribution < 1.29 is 14.6 Å². The highest BCUT2D eigenvalue weighted by Crippen LogP contribution is 2.27. The molecule has 106 valence electrons. The molecule has 0 bridgehead atoms. The molecule has 0 radical (unpaired) electrons. The zero-order valence-corrected chi connectivity index (χ0v) is 11.9. The fourth-order valence-corrected chi connectivity index (χ4v) is 2.03. The number of carbonyl (C=O) groups is 1. The quantitative estimate of drug-likeness (QED) is 0.640. The maximum absolute atomic E-state index is 11.3. The van der Waals surface area contributed by atoms with Crippen molar-refractivity contribution in [1.29, 1.82) is 0 Å². The Morgan fingerprint density at radius 2 is 2.11 bits per heavy atom. The van der Waals surface area contributed by atoms with Gasteiger partial charge >= 0.3 is 5.97 Å². The number of hydrogen-bond donors (Lipinski definition) is 1. The van der Waals surface area contributed by atoms with E-state index in [1.54, 1.807) is 6.92 Å². The Labute approximate surface area is 110 Å². The van der Waals surface area contributed by atoms with Crippen molar-refractivity contribution in [3.05, 3.63) is 0 Å². The van der Waals surface area contributed by atoms with Crippen LogP contribution in [-0.4, -0.2) is 47.8 Å². The number of carbonyl (C=O) groups excluding carboxylic acids is 1. The highest BCUT2D eigenvalue weighted by Gasteiger charge is 2.30. The largest absolute Gasteiger partial charge is 0.466 e. The van der Waals surface area contributed by atoms with Crippen LogP contribution >= 0.6 is 0 Å². The lowest BCUT2D eigenvalue weighted by atomic mass is 10.1. The van der Waals surface area contributed by atoms with E-state index in [1.807, 2.05) is 0 Å². The van der Waals surface area contributed by atoms with Gasteiger partial charge in [-0.15, -0.1) is 0 Å². The first kappa shape index (κ1) is 15.4. The van der Waals surface area contributed by atoms with Gasteiger partial charge in [-0.3, -0.25) is 9.69 Å². The third kappa shape index (κ3) is 6.36. The number of nitrogens with zero attached hydrogens (tertiary/aromatic N) is 1. The zero-order valence-electron chi connectivity index (χ0n) is 11.9. The van der Waals surface area contributed by atoms with Crippen LogP contribution in [-0.2, 0) is 9.53 Å². The summed E-state index contributed by atoms with van der Waals surface area (Å²) in [5.74, 6) is 0.373. The minimum atomic E-state index is -0.600. The second-order valence-corrected chi connectivity index (χ2v) is 5.57. The maximum atomic E-state index is 11.3. The zero-order chi connectivity index (χ0) is 13.5. The van der Waals surface area contributed by atoms with Gasteiger partial charge in [-0.1, -0.05) is 13.8 Å². The number of rotatable bonds is 9. The van der Waals surface area contributed by atoms with Crippen LogP contribution < -0.4 is 0 Å². The molecule has 1 N–H and O–H groups in total. The van der Waals surface area contributed by atoms with Crippen LogP contribution in [0, 0.1) is 5.92 Å². The summed E-state index contributed by atoms with van der Waals surface area (Å²) in [7, 11) is 0. The van der Waals surface area contributed by atoms with Gasteiger partial charge in [0.05, 0.1) is 19.1 Å². The van der Waals surface area contributed by atoms with E-state index in [1.165, 1.54) is 12.8 Å². The summed E-state index contributed by atoms with van der Waals surface area (Å²) in [6.07, 6.45) is 3.10. The highest BCUT2D eigenvalue weighted by molar-refractivity contribution is 5.69. The first-order valence-corrected chi connectivity index (χ1v) is 7.10. The van der Waals surface area contributed by atoms with Gasteiger partial charge < -0.3 is 9.84 Å². The average molecular weight is 257 g/mol. The third-order valence-electron chi connectivity index (χ3n) is 3.21. The van der Waals surface area contributed by atoms with Crippen molar-refractivity contribution in [3.63, 3.8) is 0 Å². The van der Waals surface area contributed by atoms with Crippen molar-refractivity contribution >= 4 is 5.97 Å². The van der Waals surface area contributed by atoms with Crippen LogP contribution in [0.25, 0.3) is 0 Å². The van der Waals surface area contributed by atoms with Gasteiger partial charge in [-0.05, 0) is 38.6 Å². The molecular formula is C14H27NO3. The monoisotopic (exact) mass is 257 g/mol. The van der Waals surface area contributed by atoms with Gasteiger partial charge in [0, 0.05) is 12.6 Å². The Kier molecular flexibility index (Phi) is 6.65. The molecule has 1 saturated carbocycles. The minimum absolute atomic E-state index is 0.110. The van der Waals surface area contributed by atoms with E-state index in [0.717, 1.165) is 13.0 Å².